The minimum atomic E-state index is -1.10. The van der Waals surface area contributed by atoms with E-state index in [4.69, 9.17) is 0 Å². The second-order valence-electron chi connectivity index (χ2n) is 6.20. The van der Waals surface area contributed by atoms with Crippen molar-refractivity contribution in [3.63, 3.8) is 0 Å². The van der Waals surface area contributed by atoms with Crippen LogP contribution in [0.4, 0.5) is 0 Å². The molecular weight excluding hydrogens is 220 g/mol. The van der Waals surface area contributed by atoms with Crippen molar-refractivity contribution in [2.24, 2.45) is 5.92 Å². The Balaban J connectivity index is 2.07. The van der Waals surface area contributed by atoms with Crippen molar-refractivity contribution < 1.29 is 0 Å². The average Bonchev–Trinajstić information content (AvgIpc) is 3.06. The van der Waals surface area contributed by atoms with E-state index in [0.717, 1.165) is 11.8 Å². The van der Waals surface area contributed by atoms with Crippen LogP contribution in [-0.4, -0.2) is 8.07 Å². The lowest BCUT2D eigenvalue weighted by Gasteiger charge is -2.06. The summed E-state index contributed by atoms with van der Waals surface area (Å²) in [6.45, 7) is 9.31. The highest BCUT2D eigenvalue weighted by Gasteiger charge is 2.39. The molecule has 90 valence electrons. The second-order valence-corrected chi connectivity index (χ2v) is 11.2. The van der Waals surface area contributed by atoms with Gasteiger partial charge in [-0.3, -0.25) is 0 Å². The van der Waals surface area contributed by atoms with Crippen LogP contribution in [0.5, 0.6) is 0 Å². The van der Waals surface area contributed by atoms with E-state index in [1.54, 1.807) is 0 Å². The maximum Gasteiger partial charge on any atom is 0.0781 e. The van der Waals surface area contributed by atoms with Gasteiger partial charge in [-0.1, -0.05) is 55.7 Å². The Hall–Kier alpha value is -1.04. The molecule has 1 aromatic rings. The Morgan fingerprint density at radius 2 is 1.88 bits per heavy atom. The molecule has 2 atom stereocenters. The molecule has 0 radical (unpaired) electrons. The van der Waals surface area contributed by atoms with Crippen molar-refractivity contribution >= 4 is 8.07 Å². The molecule has 1 aromatic carbocycles. The Morgan fingerprint density at radius 3 is 2.47 bits per heavy atom. The van der Waals surface area contributed by atoms with Crippen molar-refractivity contribution in [3.8, 4) is 0 Å². The van der Waals surface area contributed by atoms with E-state index < -0.39 is 8.07 Å². The van der Waals surface area contributed by atoms with Gasteiger partial charge in [0.05, 0.1) is 8.07 Å². The molecule has 2 rings (SSSR count). The van der Waals surface area contributed by atoms with Gasteiger partial charge in [0.15, 0.2) is 0 Å². The predicted molar refractivity (Wildman–Crippen MR) is 77.9 cm³/mol. The number of hydrogen-bond donors (Lipinski definition) is 0. The fourth-order valence-electron chi connectivity index (χ4n) is 2.18. The number of benzene rings is 1. The first-order valence-corrected chi connectivity index (χ1v) is 10.0. The van der Waals surface area contributed by atoms with Gasteiger partial charge in [-0.25, -0.2) is 0 Å². The zero-order valence-electron chi connectivity index (χ0n) is 11.3. The van der Waals surface area contributed by atoms with Gasteiger partial charge in [0.2, 0.25) is 0 Å². The molecule has 0 unspecified atom stereocenters. The SMILES string of the molecule is CC(=C=C[Si](C)(C)C)[C@H]1C[C@@H]1c1ccccc1. The van der Waals surface area contributed by atoms with Crippen LogP contribution in [0.25, 0.3) is 0 Å². The van der Waals surface area contributed by atoms with Crippen LogP contribution in [0.1, 0.15) is 24.8 Å². The van der Waals surface area contributed by atoms with Gasteiger partial charge in [0.25, 0.3) is 0 Å². The van der Waals surface area contributed by atoms with Crippen LogP contribution in [0.3, 0.4) is 0 Å². The lowest BCUT2D eigenvalue weighted by molar-refractivity contribution is 0.942. The maximum absolute atomic E-state index is 3.54. The fourth-order valence-corrected chi connectivity index (χ4v) is 2.84. The van der Waals surface area contributed by atoms with Gasteiger partial charge in [-0.2, -0.15) is 0 Å². The fraction of sp³-hybridized carbons (Fsp3) is 0.438. The van der Waals surface area contributed by atoms with Gasteiger partial charge in [0.1, 0.15) is 0 Å². The molecular formula is C16H22Si. The summed E-state index contributed by atoms with van der Waals surface area (Å²) in [5.74, 6) is 1.49. The molecule has 1 heteroatoms. The summed E-state index contributed by atoms with van der Waals surface area (Å²) >= 11 is 0. The Labute approximate surface area is 106 Å². The molecule has 17 heavy (non-hydrogen) atoms. The minimum absolute atomic E-state index is 0.741. The Bertz CT molecular complexity index is 444. The van der Waals surface area contributed by atoms with Crippen molar-refractivity contribution in [1.29, 1.82) is 0 Å². The Morgan fingerprint density at radius 1 is 1.24 bits per heavy atom. The molecule has 1 fully saturated rings. The second kappa shape index (κ2) is 4.68. The molecule has 1 aliphatic rings. The zero-order valence-corrected chi connectivity index (χ0v) is 12.3. The maximum atomic E-state index is 3.54. The van der Waals surface area contributed by atoms with Gasteiger partial charge >= 0.3 is 0 Å². The summed E-state index contributed by atoms with van der Waals surface area (Å²) in [6.07, 6.45) is 1.31. The van der Waals surface area contributed by atoms with Crippen LogP contribution >= 0.6 is 0 Å². The van der Waals surface area contributed by atoms with E-state index >= 15 is 0 Å². The smallest absolute Gasteiger partial charge is 0.0781 e. The predicted octanol–water partition coefficient (Wildman–Crippen LogP) is 4.77. The molecule has 0 saturated heterocycles. The average molecular weight is 242 g/mol. The van der Waals surface area contributed by atoms with Crippen LogP contribution in [0.15, 0.2) is 47.3 Å². The third-order valence-electron chi connectivity index (χ3n) is 3.31. The third kappa shape index (κ3) is 3.46. The van der Waals surface area contributed by atoms with Crippen molar-refractivity contribution in [2.45, 2.75) is 38.9 Å². The van der Waals surface area contributed by atoms with Crippen molar-refractivity contribution in [2.75, 3.05) is 0 Å². The molecule has 0 spiro atoms. The zero-order chi connectivity index (χ0) is 12.5. The molecule has 1 aliphatic carbocycles. The summed E-state index contributed by atoms with van der Waals surface area (Å²) in [6, 6.07) is 10.9. The quantitative estimate of drug-likeness (QED) is 0.529. The first kappa shape index (κ1) is 12.4. The topological polar surface area (TPSA) is 0 Å². The van der Waals surface area contributed by atoms with E-state index in [1.165, 1.54) is 17.6 Å². The third-order valence-corrected chi connectivity index (χ3v) is 4.32. The van der Waals surface area contributed by atoms with E-state index in [0.29, 0.717) is 0 Å². The number of allylic oxidation sites excluding steroid dienone is 1. The van der Waals surface area contributed by atoms with Gasteiger partial charge < -0.3 is 0 Å². The van der Waals surface area contributed by atoms with Gasteiger partial charge in [-0.15, -0.1) is 5.73 Å². The summed E-state index contributed by atoms with van der Waals surface area (Å²) in [4.78, 5) is 0. The molecule has 0 aromatic heterocycles. The lowest BCUT2D eigenvalue weighted by atomic mass is 10.1. The lowest BCUT2D eigenvalue weighted by Crippen LogP contribution is -2.14. The van der Waals surface area contributed by atoms with E-state index in [-0.39, 0.29) is 0 Å². The van der Waals surface area contributed by atoms with Crippen LogP contribution < -0.4 is 0 Å². The normalized spacial score (nSPS) is 22.8. The van der Waals surface area contributed by atoms with Crippen molar-refractivity contribution in [3.05, 3.63) is 52.9 Å². The standard InChI is InChI=1S/C16H22Si/c1-13(10-11-17(2,3)4)15-12-16(15)14-8-6-5-7-9-14/h5-9,11,15-16H,12H2,1-4H3/t10?,15-,16-/m1/s1. The summed E-state index contributed by atoms with van der Waals surface area (Å²) in [5, 5.41) is 0. The van der Waals surface area contributed by atoms with Crippen LogP contribution in [0.2, 0.25) is 19.6 Å². The summed E-state index contributed by atoms with van der Waals surface area (Å²) < 4.78 is 0. The minimum Gasteiger partial charge on any atom is -0.130 e. The first-order chi connectivity index (χ1) is 7.97. The van der Waals surface area contributed by atoms with E-state index in [2.05, 4.69) is 68.3 Å². The molecule has 1 saturated carbocycles. The number of rotatable bonds is 3. The summed E-state index contributed by atoms with van der Waals surface area (Å²) in [7, 11) is -1.10. The largest absolute Gasteiger partial charge is 0.130 e. The molecule has 0 heterocycles. The molecule has 0 bridgehead atoms. The Kier molecular flexibility index (Phi) is 3.42. The van der Waals surface area contributed by atoms with Gasteiger partial charge in [0, 0.05) is 0 Å². The van der Waals surface area contributed by atoms with Crippen LogP contribution in [-0.2, 0) is 0 Å². The van der Waals surface area contributed by atoms with Gasteiger partial charge in [-0.05, 0) is 36.3 Å². The molecule has 0 aliphatic heterocycles. The molecule has 0 nitrogen and oxygen atoms in total. The highest BCUT2D eigenvalue weighted by molar-refractivity contribution is 6.80. The first-order valence-electron chi connectivity index (χ1n) is 6.47. The highest BCUT2D eigenvalue weighted by Crippen LogP contribution is 2.51. The molecule has 0 N–H and O–H groups in total. The van der Waals surface area contributed by atoms with E-state index in [9.17, 15) is 0 Å². The highest BCUT2D eigenvalue weighted by atomic mass is 28.3. The monoisotopic (exact) mass is 242 g/mol. The van der Waals surface area contributed by atoms with Crippen LogP contribution in [0, 0.1) is 5.92 Å². The summed E-state index contributed by atoms with van der Waals surface area (Å²) in [5.41, 5.74) is 8.81. The molecule has 0 amide bonds. The number of hydrogen-bond acceptors (Lipinski definition) is 0. The van der Waals surface area contributed by atoms with Crippen molar-refractivity contribution in [1.82, 2.24) is 0 Å². The van der Waals surface area contributed by atoms with E-state index in [1.807, 2.05) is 0 Å².